The van der Waals surface area contributed by atoms with Crippen molar-refractivity contribution >= 4 is 44.7 Å². The molecule has 0 bridgehead atoms. The summed E-state index contributed by atoms with van der Waals surface area (Å²) in [6.45, 7) is 7.23. The molecule has 4 aromatic rings. The van der Waals surface area contributed by atoms with Gasteiger partial charge in [0.2, 0.25) is 5.43 Å². The third-order valence-corrected chi connectivity index (χ3v) is 5.27. The SMILES string of the molecule is Cc1nc2ccc(N(C(=O)OC(C)(C)C)c3cc(=O)c(C#N)c4cc[nH]n34)cc2s1. The highest BCUT2D eigenvalue weighted by molar-refractivity contribution is 7.18. The van der Waals surface area contributed by atoms with Crippen molar-refractivity contribution in [2.24, 2.45) is 0 Å². The Balaban J connectivity index is 1.97. The van der Waals surface area contributed by atoms with Gasteiger partial charge < -0.3 is 4.74 Å². The molecule has 1 amide bonds. The highest BCUT2D eigenvalue weighted by atomic mass is 32.1. The number of hydrogen-bond donors (Lipinski definition) is 1. The van der Waals surface area contributed by atoms with E-state index in [0.29, 0.717) is 11.2 Å². The van der Waals surface area contributed by atoms with Gasteiger partial charge in [0, 0.05) is 12.3 Å². The molecule has 30 heavy (non-hydrogen) atoms. The highest BCUT2D eigenvalue weighted by Gasteiger charge is 2.28. The lowest BCUT2D eigenvalue weighted by Gasteiger charge is -2.27. The Hall–Kier alpha value is -3.64. The van der Waals surface area contributed by atoms with Crippen LogP contribution in [-0.4, -0.2) is 26.3 Å². The second kappa shape index (κ2) is 7.00. The van der Waals surface area contributed by atoms with E-state index < -0.39 is 17.1 Å². The van der Waals surface area contributed by atoms with Crippen molar-refractivity contribution < 1.29 is 9.53 Å². The van der Waals surface area contributed by atoms with Crippen LogP contribution >= 0.6 is 11.3 Å². The van der Waals surface area contributed by atoms with Gasteiger partial charge in [-0.2, -0.15) is 5.26 Å². The Morgan fingerprint density at radius 3 is 2.77 bits per heavy atom. The number of carbonyl (C=O) groups is 1. The molecule has 0 aliphatic rings. The van der Waals surface area contributed by atoms with Crippen LogP contribution in [0.5, 0.6) is 0 Å². The standard InChI is InChI=1S/C21H19N5O3S/c1-12-24-15-6-5-13(9-18(15)30-12)25(20(28)29-21(2,3)4)19-10-17(27)14(11-22)16-7-8-23-26(16)19/h5-10,23H,1-4H3. The van der Waals surface area contributed by atoms with Crippen LogP contribution in [0.2, 0.25) is 0 Å². The van der Waals surface area contributed by atoms with E-state index in [1.807, 2.05) is 25.1 Å². The fourth-order valence-electron chi connectivity index (χ4n) is 3.18. The van der Waals surface area contributed by atoms with Crippen LogP contribution in [0.1, 0.15) is 31.3 Å². The number of aryl methyl sites for hydroxylation is 1. The van der Waals surface area contributed by atoms with Crippen molar-refractivity contribution in [1.82, 2.24) is 14.6 Å². The molecule has 0 aliphatic heterocycles. The summed E-state index contributed by atoms with van der Waals surface area (Å²) in [5.41, 5.74) is 0.504. The Labute approximate surface area is 175 Å². The molecule has 0 fully saturated rings. The van der Waals surface area contributed by atoms with Gasteiger partial charge in [0.05, 0.1) is 26.4 Å². The van der Waals surface area contributed by atoms with Crippen molar-refractivity contribution in [3.8, 4) is 6.07 Å². The third kappa shape index (κ3) is 3.42. The monoisotopic (exact) mass is 421 g/mol. The summed E-state index contributed by atoms with van der Waals surface area (Å²) in [7, 11) is 0. The summed E-state index contributed by atoms with van der Waals surface area (Å²) in [4.78, 5) is 31.6. The Morgan fingerprint density at radius 2 is 2.07 bits per heavy atom. The van der Waals surface area contributed by atoms with Gasteiger partial charge in [-0.1, -0.05) is 0 Å². The lowest BCUT2D eigenvalue weighted by Crippen LogP contribution is -2.35. The van der Waals surface area contributed by atoms with Gasteiger partial charge in [-0.05, 0) is 52.0 Å². The summed E-state index contributed by atoms with van der Waals surface area (Å²) in [6, 6.07) is 10.2. The zero-order chi connectivity index (χ0) is 21.6. The maximum atomic E-state index is 13.2. The molecule has 152 valence electrons. The van der Waals surface area contributed by atoms with Crippen LogP contribution in [0.3, 0.4) is 0 Å². The van der Waals surface area contributed by atoms with Crippen molar-refractivity contribution in [2.75, 3.05) is 4.90 Å². The average molecular weight is 421 g/mol. The summed E-state index contributed by atoms with van der Waals surface area (Å²) in [6.07, 6.45) is 0.956. The highest BCUT2D eigenvalue weighted by Crippen LogP contribution is 2.32. The van der Waals surface area contributed by atoms with E-state index in [2.05, 4.69) is 10.1 Å². The number of rotatable bonds is 2. The second-order valence-electron chi connectivity index (χ2n) is 7.74. The van der Waals surface area contributed by atoms with Crippen LogP contribution in [0, 0.1) is 18.3 Å². The lowest BCUT2D eigenvalue weighted by atomic mass is 10.2. The lowest BCUT2D eigenvalue weighted by molar-refractivity contribution is 0.0597. The summed E-state index contributed by atoms with van der Waals surface area (Å²) in [5, 5.41) is 13.3. The first-order valence-electron chi connectivity index (χ1n) is 9.21. The van der Waals surface area contributed by atoms with Crippen LogP contribution in [-0.2, 0) is 4.74 Å². The first-order chi connectivity index (χ1) is 14.2. The first-order valence-corrected chi connectivity index (χ1v) is 10.0. The number of H-pyrrole nitrogens is 1. The van der Waals surface area contributed by atoms with Crippen molar-refractivity contribution in [2.45, 2.75) is 33.3 Å². The van der Waals surface area contributed by atoms with Crippen molar-refractivity contribution in [1.29, 1.82) is 5.26 Å². The minimum atomic E-state index is -0.743. The van der Waals surface area contributed by atoms with E-state index in [9.17, 15) is 14.9 Å². The summed E-state index contributed by atoms with van der Waals surface area (Å²) >= 11 is 1.51. The largest absolute Gasteiger partial charge is 0.443 e. The Morgan fingerprint density at radius 1 is 1.30 bits per heavy atom. The predicted octanol–water partition coefficient (Wildman–Crippen LogP) is 4.49. The number of thiazole rings is 1. The van der Waals surface area contributed by atoms with Crippen LogP contribution in [0.15, 0.2) is 41.3 Å². The molecule has 0 aliphatic carbocycles. The Kier molecular flexibility index (Phi) is 4.59. The second-order valence-corrected chi connectivity index (χ2v) is 8.97. The van der Waals surface area contributed by atoms with Gasteiger partial charge in [-0.15, -0.1) is 11.3 Å². The van der Waals surface area contributed by atoms with Gasteiger partial charge in [-0.3, -0.25) is 9.89 Å². The molecule has 0 saturated carbocycles. The van der Waals surface area contributed by atoms with Crippen molar-refractivity contribution in [3.63, 3.8) is 0 Å². The number of ether oxygens (including phenoxy) is 1. The number of hydrogen-bond acceptors (Lipinski definition) is 6. The molecule has 8 nitrogen and oxygen atoms in total. The van der Waals surface area contributed by atoms with E-state index >= 15 is 0 Å². The van der Waals surface area contributed by atoms with E-state index in [-0.39, 0.29) is 11.4 Å². The van der Waals surface area contributed by atoms with Gasteiger partial charge in [0.15, 0.2) is 0 Å². The molecular weight excluding hydrogens is 402 g/mol. The summed E-state index contributed by atoms with van der Waals surface area (Å²) < 4.78 is 8.05. The number of fused-ring (bicyclic) bond motifs is 2. The number of nitrogens with zero attached hydrogens (tertiary/aromatic N) is 4. The number of benzene rings is 1. The molecular formula is C21H19N5O3S. The molecule has 1 aromatic carbocycles. The number of amides is 1. The third-order valence-electron chi connectivity index (χ3n) is 4.33. The number of nitriles is 1. The Bertz CT molecular complexity index is 1380. The molecule has 9 heteroatoms. The first kappa shape index (κ1) is 19.7. The van der Waals surface area contributed by atoms with Crippen LogP contribution in [0.25, 0.3) is 15.7 Å². The molecule has 1 N–H and O–H groups in total. The molecule has 0 unspecified atom stereocenters. The molecule has 0 spiro atoms. The topological polar surface area (TPSA) is 103 Å². The maximum Gasteiger partial charge on any atom is 0.420 e. The van der Waals surface area contributed by atoms with Gasteiger partial charge in [-0.25, -0.2) is 19.2 Å². The molecule has 4 rings (SSSR count). The minimum Gasteiger partial charge on any atom is -0.443 e. The maximum absolute atomic E-state index is 13.2. The zero-order valence-electron chi connectivity index (χ0n) is 16.9. The molecule has 0 radical (unpaired) electrons. The number of anilines is 2. The number of nitrogens with one attached hydrogen (secondary N) is 1. The number of aromatic nitrogens is 3. The fraction of sp³-hybridized carbons (Fsp3) is 0.238. The molecule has 0 atom stereocenters. The molecule has 3 aromatic heterocycles. The number of aromatic amines is 1. The van der Waals surface area contributed by atoms with E-state index in [0.717, 1.165) is 15.2 Å². The van der Waals surface area contributed by atoms with Gasteiger partial charge in [0.1, 0.15) is 23.1 Å². The minimum absolute atomic E-state index is 0.00216. The predicted molar refractivity (Wildman–Crippen MR) is 115 cm³/mol. The van der Waals surface area contributed by atoms with Gasteiger partial charge >= 0.3 is 6.09 Å². The van der Waals surface area contributed by atoms with Crippen LogP contribution in [0.4, 0.5) is 16.3 Å². The number of pyridine rings is 1. The van der Waals surface area contributed by atoms with E-state index in [1.54, 1.807) is 39.1 Å². The molecule has 3 heterocycles. The van der Waals surface area contributed by atoms with E-state index in [4.69, 9.17) is 4.74 Å². The summed E-state index contributed by atoms with van der Waals surface area (Å²) in [5.74, 6) is 0.244. The fourth-order valence-corrected chi connectivity index (χ4v) is 4.04. The average Bonchev–Trinajstić information content (AvgIpc) is 3.26. The van der Waals surface area contributed by atoms with E-state index in [1.165, 1.54) is 26.8 Å². The number of carbonyl (C=O) groups excluding carboxylic acids is 1. The van der Waals surface area contributed by atoms with Gasteiger partial charge in [0.25, 0.3) is 0 Å². The van der Waals surface area contributed by atoms with Crippen LogP contribution < -0.4 is 10.3 Å². The molecule has 0 saturated heterocycles. The normalized spacial score (nSPS) is 11.6. The smallest absolute Gasteiger partial charge is 0.420 e. The zero-order valence-corrected chi connectivity index (χ0v) is 17.7. The van der Waals surface area contributed by atoms with Crippen molar-refractivity contribution in [3.05, 3.63) is 57.3 Å². The quantitative estimate of drug-likeness (QED) is 0.514.